The number of benzene rings is 2. The lowest BCUT2D eigenvalue weighted by Gasteiger charge is -2.33. The van der Waals surface area contributed by atoms with E-state index in [0.29, 0.717) is 17.0 Å². The maximum atomic E-state index is 11.5. The molecule has 43 heavy (non-hydrogen) atoms. The number of hydrogen-bond donors (Lipinski definition) is 3. The smallest absolute Gasteiger partial charge is 0.371 e. The second kappa shape index (κ2) is 11.4. The standard InChI is InChI=1S/C31H27N8O3P/c1-20-15-23(9-11-32-20)35-24-16-29-30(34-18-24)37-31(39(29)19-42-43(40)41)21-3-5-22(6-4-21)36-28-10-12-33-27-8-7-25(17-26(27)28)38-13-2-14-38/h3-12,15-18H,2,13-14,19H2,1H3,(H2-,32,33,35,36,40,41)/p+1. The van der Waals surface area contributed by atoms with Gasteiger partial charge in [-0.3, -0.25) is 14.5 Å². The Morgan fingerprint density at radius 3 is 2.51 bits per heavy atom. The zero-order valence-electron chi connectivity index (χ0n) is 23.3. The molecule has 0 aliphatic carbocycles. The molecule has 1 atom stereocenters. The van der Waals surface area contributed by atoms with E-state index in [4.69, 9.17) is 9.51 Å². The summed E-state index contributed by atoms with van der Waals surface area (Å²) in [6, 6.07) is 21.9. The van der Waals surface area contributed by atoms with Crippen LogP contribution in [0.3, 0.4) is 0 Å². The van der Waals surface area contributed by atoms with E-state index >= 15 is 0 Å². The first-order valence-electron chi connectivity index (χ1n) is 13.9. The van der Waals surface area contributed by atoms with Gasteiger partial charge >= 0.3 is 8.25 Å². The van der Waals surface area contributed by atoms with Crippen molar-refractivity contribution in [2.75, 3.05) is 28.6 Å². The molecule has 1 fully saturated rings. The molecule has 0 amide bonds. The normalized spacial score (nSPS) is 13.3. The number of pyridine rings is 3. The Morgan fingerprint density at radius 1 is 0.907 bits per heavy atom. The maximum Gasteiger partial charge on any atom is 0.696 e. The first-order chi connectivity index (χ1) is 21.0. The van der Waals surface area contributed by atoms with Crippen molar-refractivity contribution in [3.05, 3.63) is 91.0 Å². The fourth-order valence-corrected chi connectivity index (χ4v) is 5.41. The molecule has 1 aliphatic rings. The largest absolute Gasteiger partial charge is 0.696 e. The van der Waals surface area contributed by atoms with E-state index in [2.05, 4.69) is 48.7 Å². The third-order valence-corrected chi connectivity index (χ3v) is 7.79. The average molecular weight is 592 g/mol. The molecule has 4 aromatic heterocycles. The van der Waals surface area contributed by atoms with E-state index in [-0.39, 0.29) is 6.73 Å². The second-order valence-electron chi connectivity index (χ2n) is 10.3. The number of anilines is 5. The Hall–Kier alpha value is -4.96. The van der Waals surface area contributed by atoms with Crippen molar-refractivity contribution in [2.45, 2.75) is 20.1 Å². The average Bonchev–Trinajstić information content (AvgIpc) is 3.33. The SMILES string of the molecule is Cc1cc(Nc2cnc3nc(-c4ccc(Nc5ccnc6ccc(N7CCC7)cc56)cc4)n(CO[P+](=O)O)c3c2)ccn1. The summed E-state index contributed by atoms with van der Waals surface area (Å²) < 4.78 is 18.3. The number of imidazole rings is 1. The summed E-state index contributed by atoms with van der Waals surface area (Å²) in [7, 11) is -2.81. The minimum atomic E-state index is -2.81. The van der Waals surface area contributed by atoms with Gasteiger partial charge in [0.05, 0.1) is 22.9 Å². The van der Waals surface area contributed by atoms with Gasteiger partial charge in [0.15, 0.2) is 12.4 Å². The fraction of sp³-hybridized carbons (Fsp3) is 0.161. The van der Waals surface area contributed by atoms with Crippen LogP contribution in [0.25, 0.3) is 33.5 Å². The molecule has 2 aromatic carbocycles. The first-order valence-corrected chi connectivity index (χ1v) is 15.0. The number of rotatable bonds is 9. The van der Waals surface area contributed by atoms with Crippen LogP contribution < -0.4 is 15.5 Å². The first kappa shape index (κ1) is 26.9. The van der Waals surface area contributed by atoms with Crippen LogP contribution >= 0.6 is 8.25 Å². The van der Waals surface area contributed by atoms with Gasteiger partial charge in [0.25, 0.3) is 0 Å². The minimum absolute atomic E-state index is 0.167. The van der Waals surface area contributed by atoms with Crippen molar-refractivity contribution in [1.82, 2.24) is 24.5 Å². The number of aromatic nitrogens is 5. The van der Waals surface area contributed by atoms with Gasteiger partial charge in [0.1, 0.15) is 5.82 Å². The zero-order valence-corrected chi connectivity index (χ0v) is 24.2. The Morgan fingerprint density at radius 2 is 1.74 bits per heavy atom. The highest BCUT2D eigenvalue weighted by Gasteiger charge is 2.20. The highest BCUT2D eigenvalue weighted by molar-refractivity contribution is 7.32. The van der Waals surface area contributed by atoms with Gasteiger partial charge < -0.3 is 15.5 Å². The quantitative estimate of drug-likeness (QED) is 0.157. The van der Waals surface area contributed by atoms with Gasteiger partial charge in [-0.05, 0) is 80.1 Å². The van der Waals surface area contributed by atoms with E-state index in [1.165, 1.54) is 12.1 Å². The van der Waals surface area contributed by atoms with Crippen LogP contribution in [-0.4, -0.2) is 42.5 Å². The molecular formula is C31H28N8O3P+. The van der Waals surface area contributed by atoms with Gasteiger partial charge in [0, 0.05) is 69.4 Å². The number of hydrogen-bond acceptors (Lipinski definition) is 9. The molecule has 0 saturated carbocycles. The molecule has 214 valence electrons. The summed E-state index contributed by atoms with van der Waals surface area (Å²) in [5, 5.41) is 7.93. The van der Waals surface area contributed by atoms with Gasteiger partial charge in [-0.25, -0.2) is 9.97 Å². The van der Waals surface area contributed by atoms with Crippen molar-refractivity contribution in [3.63, 3.8) is 0 Å². The monoisotopic (exact) mass is 591 g/mol. The second-order valence-corrected chi connectivity index (χ2v) is 11.1. The predicted molar refractivity (Wildman–Crippen MR) is 168 cm³/mol. The molecule has 1 saturated heterocycles. The molecule has 5 heterocycles. The predicted octanol–water partition coefficient (Wildman–Crippen LogP) is 6.67. The summed E-state index contributed by atoms with van der Waals surface area (Å²) >= 11 is 0. The Bertz CT molecular complexity index is 1970. The lowest BCUT2D eigenvalue weighted by atomic mass is 10.1. The molecule has 3 N–H and O–H groups in total. The molecule has 0 radical (unpaired) electrons. The van der Waals surface area contributed by atoms with Crippen LogP contribution in [0, 0.1) is 6.92 Å². The zero-order chi connectivity index (χ0) is 29.3. The van der Waals surface area contributed by atoms with Crippen molar-refractivity contribution >= 4 is 58.8 Å². The minimum Gasteiger partial charge on any atom is -0.371 e. The molecule has 7 rings (SSSR count). The summed E-state index contributed by atoms with van der Waals surface area (Å²) in [5.41, 5.74) is 8.47. The highest BCUT2D eigenvalue weighted by atomic mass is 31.1. The molecule has 1 unspecified atom stereocenters. The Kier molecular flexibility index (Phi) is 7.12. The Balaban J connectivity index is 1.19. The van der Waals surface area contributed by atoms with Crippen LogP contribution in [0.5, 0.6) is 0 Å². The molecule has 11 nitrogen and oxygen atoms in total. The van der Waals surface area contributed by atoms with Gasteiger partial charge in [-0.1, -0.05) is 4.52 Å². The van der Waals surface area contributed by atoms with Gasteiger partial charge in [-0.2, -0.15) is 0 Å². The third-order valence-electron chi connectivity index (χ3n) is 7.46. The number of nitrogens with one attached hydrogen (secondary N) is 2. The van der Waals surface area contributed by atoms with Crippen LogP contribution in [0.2, 0.25) is 0 Å². The van der Waals surface area contributed by atoms with E-state index in [1.807, 2.05) is 61.7 Å². The summed E-state index contributed by atoms with van der Waals surface area (Å²) in [6.07, 6.45) is 6.47. The summed E-state index contributed by atoms with van der Waals surface area (Å²) in [4.78, 5) is 29.8. The van der Waals surface area contributed by atoms with Crippen molar-refractivity contribution < 1.29 is 14.0 Å². The van der Waals surface area contributed by atoms with Crippen LogP contribution in [-0.2, 0) is 15.8 Å². The van der Waals surface area contributed by atoms with Crippen molar-refractivity contribution in [3.8, 4) is 11.4 Å². The summed E-state index contributed by atoms with van der Waals surface area (Å²) in [6.45, 7) is 3.92. The Labute approximate surface area is 248 Å². The molecule has 6 aromatic rings. The third kappa shape index (κ3) is 5.61. The van der Waals surface area contributed by atoms with Gasteiger partial charge in [-0.15, -0.1) is 4.89 Å². The van der Waals surface area contributed by atoms with Crippen molar-refractivity contribution in [1.29, 1.82) is 0 Å². The van der Waals surface area contributed by atoms with Crippen LogP contribution in [0.15, 0.2) is 85.3 Å². The lowest BCUT2D eigenvalue weighted by molar-refractivity contribution is 0.223. The highest BCUT2D eigenvalue weighted by Crippen LogP contribution is 2.33. The molecule has 1 aliphatic heterocycles. The maximum absolute atomic E-state index is 11.5. The molecular weight excluding hydrogens is 563 g/mol. The number of aryl methyl sites for hydroxylation is 1. The number of fused-ring (bicyclic) bond motifs is 2. The molecule has 12 heteroatoms. The van der Waals surface area contributed by atoms with Crippen LogP contribution in [0.4, 0.5) is 28.4 Å². The summed E-state index contributed by atoms with van der Waals surface area (Å²) in [5.74, 6) is 0.566. The van der Waals surface area contributed by atoms with E-state index in [1.54, 1.807) is 17.0 Å². The molecule has 0 spiro atoms. The topological polar surface area (TPSA) is 130 Å². The number of nitrogens with zero attached hydrogens (tertiary/aromatic N) is 6. The fourth-order valence-electron chi connectivity index (χ4n) is 5.19. The van der Waals surface area contributed by atoms with Gasteiger partial charge in [0.2, 0.25) is 0 Å². The van der Waals surface area contributed by atoms with Crippen molar-refractivity contribution in [2.24, 2.45) is 0 Å². The van der Waals surface area contributed by atoms with E-state index in [0.717, 1.165) is 58.0 Å². The van der Waals surface area contributed by atoms with E-state index < -0.39 is 8.25 Å². The van der Waals surface area contributed by atoms with E-state index in [9.17, 15) is 9.46 Å². The lowest BCUT2D eigenvalue weighted by Crippen LogP contribution is -2.36. The molecule has 0 bridgehead atoms. The van der Waals surface area contributed by atoms with Crippen LogP contribution in [0.1, 0.15) is 12.1 Å².